The zero-order valence-electron chi connectivity index (χ0n) is 20.2. The predicted molar refractivity (Wildman–Crippen MR) is 133 cm³/mol. The van der Waals surface area contributed by atoms with E-state index in [0.29, 0.717) is 12.0 Å². The summed E-state index contributed by atoms with van der Waals surface area (Å²) in [5.41, 5.74) is 3.10. The lowest BCUT2D eigenvalue weighted by molar-refractivity contribution is 0.0492. The second kappa shape index (κ2) is 9.93. The van der Waals surface area contributed by atoms with E-state index in [9.17, 15) is 9.59 Å². The summed E-state index contributed by atoms with van der Waals surface area (Å²) in [5, 5.41) is 7.67. The molecule has 2 N–H and O–H groups in total. The van der Waals surface area contributed by atoms with Crippen LogP contribution in [-0.2, 0) is 4.74 Å². The average Bonchev–Trinajstić information content (AvgIpc) is 2.67. The molecule has 0 spiro atoms. The van der Waals surface area contributed by atoms with Crippen molar-refractivity contribution in [1.29, 1.82) is 0 Å². The molecule has 172 valence electrons. The Morgan fingerprint density at radius 3 is 2.44 bits per heavy atom. The van der Waals surface area contributed by atoms with Gasteiger partial charge in [0.25, 0.3) is 0 Å². The van der Waals surface area contributed by atoms with Crippen molar-refractivity contribution in [2.45, 2.75) is 84.4 Å². The first kappa shape index (κ1) is 24.1. The van der Waals surface area contributed by atoms with E-state index in [1.54, 1.807) is 6.20 Å². The molecule has 0 bridgehead atoms. The van der Waals surface area contributed by atoms with Crippen molar-refractivity contribution >= 4 is 41.8 Å². The first-order valence-corrected chi connectivity index (χ1v) is 11.7. The van der Waals surface area contributed by atoms with Gasteiger partial charge in [-0.2, -0.15) is 0 Å². The number of rotatable bonds is 6. The van der Waals surface area contributed by atoms with Gasteiger partial charge in [-0.15, -0.1) is 0 Å². The van der Waals surface area contributed by atoms with Crippen LogP contribution >= 0.6 is 0 Å². The third-order valence-electron chi connectivity index (χ3n) is 5.71. The predicted octanol–water partition coefficient (Wildman–Crippen LogP) is 3.97. The molecule has 1 saturated carbocycles. The van der Waals surface area contributed by atoms with Crippen LogP contribution in [0, 0.1) is 5.92 Å². The molecular weight excluding hydrogens is 401 g/mol. The molecule has 1 aromatic heterocycles. The van der Waals surface area contributed by atoms with E-state index in [-0.39, 0.29) is 29.9 Å². The van der Waals surface area contributed by atoms with Crippen LogP contribution in [0.5, 0.6) is 0 Å². The fraction of sp³-hybridized carbons (Fsp3) is 0.560. The number of benzene rings is 1. The van der Waals surface area contributed by atoms with Crippen LogP contribution in [0.1, 0.15) is 77.1 Å². The van der Waals surface area contributed by atoms with Gasteiger partial charge in [-0.25, -0.2) is 4.79 Å². The van der Waals surface area contributed by atoms with Gasteiger partial charge >= 0.3 is 6.09 Å². The Kier molecular flexibility index (Phi) is 7.47. The number of pyridine rings is 1. The highest BCUT2D eigenvalue weighted by molar-refractivity contribution is 6.33. The van der Waals surface area contributed by atoms with Crippen LogP contribution in [0.3, 0.4) is 0 Å². The summed E-state index contributed by atoms with van der Waals surface area (Å²) in [5.74, 6) is 0.414. The first-order chi connectivity index (χ1) is 15.0. The molecule has 6 nitrogen and oxygen atoms in total. The van der Waals surface area contributed by atoms with E-state index in [0.717, 1.165) is 47.7 Å². The lowest BCUT2D eigenvalue weighted by atomic mass is 9.89. The van der Waals surface area contributed by atoms with Crippen LogP contribution in [0.25, 0.3) is 10.9 Å². The number of nitrogens with zero attached hydrogens (tertiary/aromatic N) is 1. The topological polar surface area (TPSA) is 80.3 Å². The van der Waals surface area contributed by atoms with Gasteiger partial charge in [0.05, 0.1) is 16.8 Å². The van der Waals surface area contributed by atoms with Crippen LogP contribution in [-0.4, -0.2) is 42.4 Å². The molecule has 0 aliphatic heterocycles. The van der Waals surface area contributed by atoms with Gasteiger partial charge < -0.3 is 15.4 Å². The molecule has 0 atom stereocenters. The number of carbonyl (C=O) groups is 2. The molecule has 1 heterocycles. The van der Waals surface area contributed by atoms with Gasteiger partial charge in [-0.05, 0) is 58.4 Å². The number of fused-ring (bicyclic) bond motifs is 1. The second-order valence-corrected chi connectivity index (χ2v) is 10.4. The molecule has 1 aromatic carbocycles. The highest BCUT2D eigenvalue weighted by atomic mass is 16.6. The standard InChI is InChI=1S/C25H36BN3O3/c1-15(2)12-22(30)20-14-27-21-11-6-16(26)13-19(21)23(20)28-17-7-9-18(10-8-17)29-24(31)32-25(3,4)5/h6,11,13-15,17-18H,7-10,12,26H2,1-5H3,(H,27,28)(H,29,31)/t17-,18-. The van der Waals surface area contributed by atoms with Gasteiger partial charge in [0, 0.05) is 30.1 Å². The van der Waals surface area contributed by atoms with E-state index in [2.05, 4.69) is 43.4 Å². The average molecular weight is 437 g/mol. The molecule has 32 heavy (non-hydrogen) atoms. The Labute approximate surface area is 192 Å². The van der Waals surface area contributed by atoms with Crippen LogP contribution in [0.2, 0.25) is 0 Å². The SMILES string of the molecule is Bc1ccc2ncc(C(=O)CC(C)C)c(N[C@H]3CC[C@H](NC(=O)OC(C)(C)C)CC3)c2c1. The molecule has 2 aromatic rings. The third kappa shape index (κ3) is 6.47. The summed E-state index contributed by atoms with van der Waals surface area (Å²) < 4.78 is 5.39. The summed E-state index contributed by atoms with van der Waals surface area (Å²) in [6.45, 7) is 9.72. The van der Waals surface area contributed by atoms with Gasteiger partial charge in [0.15, 0.2) is 5.78 Å². The number of ketones is 1. The number of carbonyl (C=O) groups excluding carboxylic acids is 2. The number of Topliss-reactive ketones (excluding diaryl/α,β-unsaturated/α-hetero) is 1. The minimum absolute atomic E-state index is 0.112. The monoisotopic (exact) mass is 437 g/mol. The highest BCUT2D eigenvalue weighted by Gasteiger charge is 2.26. The molecular formula is C25H36BN3O3. The fourth-order valence-corrected chi connectivity index (χ4v) is 4.21. The molecule has 0 radical (unpaired) electrons. The molecule has 1 fully saturated rings. The number of hydrogen-bond donors (Lipinski definition) is 2. The Balaban J connectivity index is 1.75. The minimum atomic E-state index is -0.498. The molecule has 1 amide bonds. The number of nitrogens with one attached hydrogen (secondary N) is 2. The largest absolute Gasteiger partial charge is 0.444 e. The zero-order chi connectivity index (χ0) is 23.5. The molecule has 0 unspecified atom stereocenters. The summed E-state index contributed by atoms with van der Waals surface area (Å²) >= 11 is 0. The lowest BCUT2D eigenvalue weighted by Gasteiger charge is -2.31. The number of aromatic nitrogens is 1. The summed E-state index contributed by atoms with van der Waals surface area (Å²) in [7, 11) is 2.05. The van der Waals surface area contributed by atoms with E-state index >= 15 is 0 Å². The lowest BCUT2D eigenvalue weighted by Crippen LogP contribution is -2.42. The van der Waals surface area contributed by atoms with Crippen molar-refractivity contribution in [2.75, 3.05) is 5.32 Å². The number of alkyl carbamates (subject to hydrolysis) is 1. The number of amides is 1. The minimum Gasteiger partial charge on any atom is -0.444 e. The molecule has 0 saturated heterocycles. The quantitative estimate of drug-likeness (QED) is 0.528. The summed E-state index contributed by atoms with van der Waals surface area (Å²) in [6.07, 6.45) is 5.43. The third-order valence-corrected chi connectivity index (χ3v) is 5.71. The fourth-order valence-electron chi connectivity index (χ4n) is 4.21. The first-order valence-electron chi connectivity index (χ1n) is 11.7. The number of ether oxygens (including phenoxy) is 1. The van der Waals surface area contributed by atoms with E-state index in [1.165, 1.54) is 0 Å². The maximum atomic E-state index is 13.0. The summed E-state index contributed by atoms with van der Waals surface area (Å²) in [4.78, 5) is 29.6. The normalized spacial score (nSPS) is 19.1. The maximum Gasteiger partial charge on any atom is 0.407 e. The smallest absolute Gasteiger partial charge is 0.407 e. The molecule has 7 heteroatoms. The van der Waals surface area contributed by atoms with Crippen LogP contribution in [0.15, 0.2) is 24.4 Å². The molecule has 3 rings (SSSR count). The maximum absolute atomic E-state index is 13.0. The Hall–Kier alpha value is -2.57. The molecule has 1 aliphatic carbocycles. The van der Waals surface area contributed by atoms with Crippen LogP contribution in [0.4, 0.5) is 10.5 Å². The van der Waals surface area contributed by atoms with Gasteiger partial charge in [0.2, 0.25) is 0 Å². The van der Waals surface area contributed by atoms with E-state index in [1.807, 2.05) is 32.9 Å². The molecule has 1 aliphatic rings. The van der Waals surface area contributed by atoms with Crippen molar-refractivity contribution in [3.63, 3.8) is 0 Å². The van der Waals surface area contributed by atoms with Crippen molar-refractivity contribution in [3.8, 4) is 0 Å². The van der Waals surface area contributed by atoms with E-state index < -0.39 is 5.60 Å². The van der Waals surface area contributed by atoms with Crippen molar-refractivity contribution in [3.05, 3.63) is 30.0 Å². The summed E-state index contributed by atoms with van der Waals surface area (Å²) in [6, 6.07) is 6.51. The second-order valence-electron chi connectivity index (χ2n) is 10.4. The van der Waals surface area contributed by atoms with Gasteiger partial charge in [-0.3, -0.25) is 9.78 Å². The van der Waals surface area contributed by atoms with Crippen LogP contribution < -0.4 is 16.1 Å². The van der Waals surface area contributed by atoms with E-state index in [4.69, 9.17) is 4.74 Å². The van der Waals surface area contributed by atoms with Gasteiger partial charge in [0.1, 0.15) is 13.4 Å². The number of hydrogen-bond acceptors (Lipinski definition) is 5. The Morgan fingerprint density at radius 2 is 1.81 bits per heavy atom. The van der Waals surface area contributed by atoms with Crippen molar-refractivity contribution < 1.29 is 14.3 Å². The van der Waals surface area contributed by atoms with Gasteiger partial charge in [-0.1, -0.05) is 31.4 Å². The Morgan fingerprint density at radius 1 is 1.16 bits per heavy atom. The van der Waals surface area contributed by atoms with Crippen molar-refractivity contribution in [2.24, 2.45) is 5.92 Å². The number of anilines is 1. The Bertz CT molecular complexity index is 976. The highest BCUT2D eigenvalue weighted by Crippen LogP contribution is 2.31. The van der Waals surface area contributed by atoms with Crippen molar-refractivity contribution in [1.82, 2.24) is 10.3 Å². The zero-order valence-corrected chi connectivity index (χ0v) is 20.2.